The van der Waals surface area contributed by atoms with Crippen molar-refractivity contribution in [3.8, 4) is 5.75 Å². The fraction of sp³-hybridized carbons (Fsp3) is 0.409. The number of methoxy groups -OCH3 is 1. The quantitative estimate of drug-likeness (QED) is 0.562. The van der Waals surface area contributed by atoms with E-state index in [4.69, 9.17) is 4.74 Å². The third kappa shape index (κ3) is 4.79. The number of fused-ring (bicyclic) bond motifs is 1. The largest absolute Gasteiger partial charge is 0.497 e. The van der Waals surface area contributed by atoms with E-state index in [1.54, 1.807) is 31.2 Å². The highest BCUT2D eigenvalue weighted by molar-refractivity contribution is 8.00. The van der Waals surface area contributed by atoms with E-state index < -0.39 is 23.5 Å². The molecule has 3 rings (SSSR count). The van der Waals surface area contributed by atoms with Gasteiger partial charge in [-0.2, -0.15) is 26.3 Å². The van der Waals surface area contributed by atoms with Crippen molar-refractivity contribution in [2.24, 2.45) is 0 Å². The molecule has 0 fully saturated rings. The zero-order valence-electron chi connectivity index (χ0n) is 17.6. The summed E-state index contributed by atoms with van der Waals surface area (Å²) in [5, 5.41) is 9.50. The monoisotopic (exact) mass is 493 g/mol. The van der Waals surface area contributed by atoms with Gasteiger partial charge in [-0.1, -0.05) is 25.1 Å². The van der Waals surface area contributed by atoms with Crippen molar-refractivity contribution in [3.05, 3.63) is 53.6 Å². The number of carbonyl (C=O) groups excluding carboxylic acids is 1. The number of hydrogen-bond donors (Lipinski definition) is 1. The molecule has 0 bridgehead atoms. The van der Waals surface area contributed by atoms with E-state index in [2.05, 4.69) is 0 Å². The highest BCUT2D eigenvalue weighted by atomic mass is 32.2. The second-order valence-electron chi connectivity index (χ2n) is 7.57. The van der Waals surface area contributed by atoms with Crippen molar-refractivity contribution in [2.45, 2.75) is 47.9 Å². The summed E-state index contributed by atoms with van der Waals surface area (Å²) in [6, 6.07) is 9.07. The Morgan fingerprint density at radius 3 is 2.36 bits per heavy atom. The van der Waals surface area contributed by atoms with Crippen molar-refractivity contribution >= 4 is 23.4 Å². The van der Waals surface area contributed by atoms with E-state index in [1.165, 1.54) is 12.0 Å². The maximum Gasteiger partial charge on any atom is 0.430 e. The van der Waals surface area contributed by atoms with Gasteiger partial charge in [-0.15, -0.1) is 11.8 Å². The summed E-state index contributed by atoms with van der Waals surface area (Å²) in [5.41, 5.74) is -5.52. The van der Waals surface area contributed by atoms with Crippen LogP contribution in [0.3, 0.4) is 0 Å². The van der Waals surface area contributed by atoms with Crippen LogP contribution in [0, 0.1) is 0 Å². The molecule has 1 atom stereocenters. The lowest BCUT2D eigenvalue weighted by Gasteiger charge is -2.36. The SMILES string of the molecule is CCC1CN(C(=O)Cc2cccc(OC)c2)c2ccc(C(O)(C(F)(F)F)C(F)(F)F)cc2S1. The molecule has 1 aliphatic heterocycles. The van der Waals surface area contributed by atoms with E-state index in [-0.39, 0.29) is 34.7 Å². The molecule has 0 aromatic heterocycles. The van der Waals surface area contributed by atoms with Gasteiger partial charge in [-0.25, -0.2) is 0 Å². The van der Waals surface area contributed by atoms with Gasteiger partial charge in [0.15, 0.2) is 0 Å². The summed E-state index contributed by atoms with van der Waals surface area (Å²) in [5.74, 6) is 0.183. The van der Waals surface area contributed by atoms with Crippen LogP contribution < -0.4 is 9.64 Å². The summed E-state index contributed by atoms with van der Waals surface area (Å²) in [6.07, 6.45) is -11.5. The first-order valence-corrected chi connectivity index (χ1v) is 10.8. The summed E-state index contributed by atoms with van der Waals surface area (Å²) in [6.45, 7) is 2.05. The third-order valence-corrected chi connectivity index (χ3v) is 6.81. The number of anilines is 1. The second kappa shape index (κ2) is 9.09. The van der Waals surface area contributed by atoms with Crippen molar-refractivity contribution in [1.82, 2.24) is 0 Å². The minimum Gasteiger partial charge on any atom is -0.497 e. The normalized spacial score (nSPS) is 17.0. The number of amides is 1. The van der Waals surface area contributed by atoms with Crippen LogP contribution in [0.4, 0.5) is 32.0 Å². The van der Waals surface area contributed by atoms with E-state index in [0.717, 1.165) is 17.8 Å². The molecular weight excluding hydrogens is 472 g/mol. The Bertz CT molecular complexity index is 1010. The zero-order valence-corrected chi connectivity index (χ0v) is 18.4. The Morgan fingerprint density at radius 2 is 1.79 bits per heavy atom. The number of hydrogen-bond acceptors (Lipinski definition) is 4. The highest BCUT2D eigenvalue weighted by Crippen LogP contribution is 2.52. The predicted molar refractivity (Wildman–Crippen MR) is 111 cm³/mol. The lowest BCUT2D eigenvalue weighted by molar-refractivity contribution is -0.376. The van der Waals surface area contributed by atoms with E-state index >= 15 is 0 Å². The number of carbonyl (C=O) groups is 1. The zero-order chi connectivity index (χ0) is 24.6. The van der Waals surface area contributed by atoms with Gasteiger partial charge >= 0.3 is 12.4 Å². The first kappa shape index (κ1) is 25.2. The van der Waals surface area contributed by atoms with Crippen LogP contribution in [0.5, 0.6) is 5.75 Å². The summed E-state index contributed by atoms with van der Waals surface area (Å²) >= 11 is 1.08. The highest BCUT2D eigenvalue weighted by Gasteiger charge is 2.71. The van der Waals surface area contributed by atoms with Gasteiger partial charge in [-0.3, -0.25) is 4.79 Å². The molecule has 1 aliphatic rings. The van der Waals surface area contributed by atoms with Crippen LogP contribution in [0.2, 0.25) is 0 Å². The molecule has 1 N–H and O–H groups in total. The molecule has 33 heavy (non-hydrogen) atoms. The van der Waals surface area contributed by atoms with Crippen LogP contribution in [0.15, 0.2) is 47.4 Å². The van der Waals surface area contributed by atoms with Crippen LogP contribution in [0.1, 0.15) is 24.5 Å². The van der Waals surface area contributed by atoms with Gasteiger partial charge in [0.1, 0.15) is 5.75 Å². The molecule has 0 saturated carbocycles. The fourth-order valence-corrected chi connectivity index (χ4v) is 4.81. The van der Waals surface area contributed by atoms with Crippen LogP contribution in [0.25, 0.3) is 0 Å². The Balaban J connectivity index is 2.01. The van der Waals surface area contributed by atoms with Crippen LogP contribution >= 0.6 is 11.8 Å². The molecule has 0 saturated heterocycles. The number of benzene rings is 2. The molecule has 1 heterocycles. The van der Waals surface area contributed by atoms with Gasteiger partial charge in [0, 0.05) is 22.3 Å². The van der Waals surface area contributed by atoms with E-state index in [0.29, 0.717) is 29.9 Å². The van der Waals surface area contributed by atoms with Crippen molar-refractivity contribution in [3.63, 3.8) is 0 Å². The van der Waals surface area contributed by atoms with Crippen LogP contribution in [-0.4, -0.2) is 42.3 Å². The van der Waals surface area contributed by atoms with E-state index in [9.17, 15) is 36.2 Å². The molecular formula is C22H21F6NO3S. The number of alkyl halides is 6. The first-order valence-electron chi connectivity index (χ1n) is 9.92. The van der Waals surface area contributed by atoms with Crippen molar-refractivity contribution in [2.75, 3.05) is 18.6 Å². The molecule has 0 spiro atoms. The Hall–Kier alpha value is -2.40. The molecule has 1 unspecified atom stereocenters. The van der Waals surface area contributed by atoms with Gasteiger partial charge in [-0.05, 0) is 36.2 Å². The Kier molecular flexibility index (Phi) is 6.95. The first-order chi connectivity index (χ1) is 15.3. The Morgan fingerprint density at radius 1 is 1.12 bits per heavy atom. The van der Waals surface area contributed by atoms with Gasteiger partial charge in [0.2, 0.25) is 5.91 Å². The smallest absolute Gasteiger partial charge is 0.430 e. The van der Waals surface area contributed by atoms with Crippen LogP contribution in [-0.2, 0) is 16.8 Å². The van der Waals surface area contributed by atoms with Crippen molar-refractivity contribution < 1.29 is 41.0 Å². The lowest BCUT2D eigenvalue weighted by Crippen LogP contribution is -2.54. The minimum atomic E-state index is -5.98. The molecule has 0 radical (unpaired) electrons. The number of aliphatic hydroxyl groups is 1. The van der Waals surface area contributed by atoms with Crippen molar-refractivity contribution in [1.29, 1.82) is 0 Å². The van der Waals surface area contributed by atoms with Gasteiger partial charge in [0.05, 0.1) is 19.2 Å². The Labute approximate surface area is 190 Å². The molecule has 0 aliphatic carbocycles. The lowest BCUT2D eigenvalue weighted by atomic mass is 9.92. The number of ether oxygens (including phenoxy) is 1. The molecule has 2 aromatic carbocycles. The maximum atomic E-state index is 13.3. The molecule has 180 valence electrons. The summed E-state index contributed by atoms with van der Waals surface area (Å²) in [4.78, 5) is 14.5. The van der Waals surface area contributed by atoms with Gasteiger partial charge < -0.3 is 14.7 Å². The number of halogens is 6. The average Bonchev–Trinajstić information content (AvgIpc) is 2.75. The molecule has 11 heteroatoms. The third-order valence-electron chi connectivity index (χ3n) is 5.41. The summed E-state index contributed by atoms with van der Waals surface area (Å²) in [7, 11) is 1.48. The van der Waals surface area contributed by atoms with E-state index in [1.807, 2.05) is 0 Å². The minimum absolute atomic E-state index is 0.0332. The predicted octanol–water partition coefficient (Wildman–Crippen LogP) is 5.47. The summed E-state index contributed by atoms with van der Waals surface area (Å²) < 4.78 is 85.0. The number of rotatable bonds is 5. The van der Waals surface area contributed by atoms with Gasteiger partial charge in [0.25, 0.3) is 5.60 Å². The molecule has 2 aromatic rings. The number of nitrogens with zero attached hydrogens (tertiary/aromatic N) is 1. The topological polar surface area (TPSA) is 49.8 Å². The number of thioether (sulfide) groups is 1. The molecule has 1 amide bonds. The fourth-order valence-electron chi connectivity index (χ4n) is 3.56. The molecule has 4 nitrogen and oxygen atoms in total. The average molecular weight is 493 g/mol. The standard InChI is InChI=1S/C22H21F6NO3S/c1-3-16-12-29(19(30)10-13-5-4-6-15(9-13)32-2)17-8-7-14(11-18(17)33-16)20(31,21(23,24)25)22(26,27)28/h4-9,11,16,31H,3,10,12H2,1-2H3. The second-order valence-corrected chi connectivity index (χ2v) is 8.91. The maximum absolute atomic E-state index is 13.3.